The molecule has 0 aliphatic heterocycles. The maximum absolute atomic E-state index is 12.8. The van der Waals surface area contributed by atoms with Crippen LogP contribution in [0.3, 0.4) is 0 Å². The minimum Gasteiger partial charge on any atom is -0.339 e. The highest BCUT2D eigenvalue weighted by Crippen LogP contribution is 2.15. The molecular formula is C20H36N3O+. The molecule has 1 aromatic heterocycles. The lowest BCUT2D eigenvalue weighted by Crippen LogP contribution is -2.43. The van der Waals surface area contributed by atoms with Gasteiger partial charge in [-0.1, -0.05) is 58.1 Å². The highest BCUT2D eigenvalue weighted by Gasteiger charge is 2.18. The van der Waals surface area contributed by atoms with Gasteiger partial charge in [0.25, 0.3) is 5.91 Å². The molecule has 0 aliphatic rings. The fourth-order valence-corrected chi connectivity index (χ4v) is 2.76. The molecule has 1 unspecified atom stereocenters. The Balaban J connectivity index is 2.62. The summed E-state index contributed by atoms with van der Waals surface area (Å²) in [5.74, 6) is 7.05. The zero-order valence-electron chi connectivity index (χ0n) is 16.0. The van der Waals surface area contributed by atoms with Crippen LogP contribution in [0.4, 0.5) is 0 Å². The van der Waals surface area contributed by atoms with Crippen molar-refractivity contribution in [3.8, 4) is 0 Å². The van der Waals surface area contributed by atoms with E-state index in [0.717, 1.165) is 31.5 Å². The van der Waals surface area contributed by atoms with Gasteiger partial charge in [-0.15, -0.1) is 0 Å². The standard InChI is InChI=1S/C20H35N3O/c1-5-6-7-8-18(4)10-14-22(13-9-17(2)3)20(24)19-11-15-23(21)16-12-19/h11-12,15-18H,5-10,13-14H2,1-4H3,(H-,21,24)/p+1. The predicted molar refractivity (Wildman–Crippen MR) is 100 cm³/mol. The summed E-state index contributed by atoms with van der Waals surface area (Å²) in [6.07, 6.45) is 10.7. The Hall–Kier alpha value is -1.58. The molecule has 0 aromatic carbocycles. The van der Waals surface area contributed by atoms with E-state index in [1.54, 1.807) is 24.5 Å². The molecule has 0 aliphatic carbocycles. The van der Waals surface area contributed by atoms with Gasteiger partial charge in [0.2, 0.25) is 0 Å². The first-order chi connectivity index (χ1) is 11.4. The third kappa shape index (κ3) is 7.80. The zero-order chi connectivity index (χ0) is 17.9. The lowest BCUT2D eigenvalue weighted by atomic mass is 9.99. The Kier molecular flexibility index (Phi) is 9.43. The summed E-state index contributed by atoms with van der Waals surface area (Å²) < 4.78 is 1.46. The van der Waals surface area contributed by atoms with Gasteiger partial charge in [-0.25, -0.2) is 5.84 Å². The summed E-state index contributed by atoms with van der Waals surface area (Å²) >= 11 is 0. The van der Waals surface area contributed by atoms with Gasteiger partial charge in [0, 0.05) is 25.2 Å². The average Bonchev–Trinajstić information content (AvgIpc) is 2.55. The van der Waals surface area contributed by atoms with Crippen LogP contribution in [0.25, 0.3) is 0 Å². The molecule has 1 aromatic rings. The maximum atomic E-state index is 12.8. The normalized spacial score (nSPS) is 12.4. The summed E-state index contributed by atoms with van der Waals surface area (Å²) in [5.41, 5.74) is 0.721. The van der Waals surface area contributed by atoms with Gasteiger partial charge >= 0.3 is 0 Å². The van der Waals surface area contributed by atoms with Crippen molar-refractivity contribution in [2.24, 2.45) is 11.8 Å². The molecule has 1 heterocycles. The minimum atomic E-state index is 0.122. The second kappa shape index (κ2) is 11.1. The topological polar surface area (TPSA) is 50.2 Å². The number of carbonyl (C=O) groups is 1. The van der Waals surface area contributed by atoms with Crippen molar-refractivity contribution in [2.75, 3.05) is 18.9 Å². The number of hydrogen-bond donors (Lipinski definition) is 1. The number of amides is 1. The second-order valence-corrected chi connectivity index (χ2v) is 7.40. The lowest BCUT2D eigenvalue weighted by Gasteiger charge is -2.25. The van der Waals surface area contributed by atoms with Crippen molar-refractivity contribution in [3.05, 3.63) is 30.1 Å². The van der Waals surface area contributed by atoms with Gasteiger partial charge in [0.1, 0.15) is 0 Å². The number of nitrogens with two attached hydrogens (primary N) is 1. The first kappa shape index (κ1) is 20.5. The molecule has 24 heavy (non-hydrogen) atoms. The third-order valence-corrected chi connectivity index (χ3v) is 4.56. The molecule has 1 amide bonds. The molecule has 0 spiro atoms. The van der Waals surface area contributed by atoms with E-state index >= 15 is 0 Å². The van der Waals surface area contributed by atoms with E-state index in [0.29, 0.717) is 11.8 Å². The van der Waals surface area contributed by atoms with Crippen LogP contribution in [0.2, 0.25) is 0 Å². The molecule has 1 atom stereocenters. The molecule has 2 N–H and O–H groups in total. The molecule has 1 rings (SSSR count). The number of hydrogen-bond acceptors (Lipinski definition) is 2. The Morgan fingerprint density at radius 2 is 1.71 bits per heavy atom. The summed E-state index contributed by atoms with van der Waals surface area (Å²) in [6, 6.07) is 3.60. The highest BCUT2D eigenvalue weighted by molar-refractivity contribution is 5.93. The van der Waals surface area contributed by atoms with Crippen LogP contribution >= 0.6 is 0 Å². The predicted octanol–water partition coefficient (Wildman–Crippen LogP) is 3.78. The number of rotatable bonds is 11. The van der Waals surface area contributed by atoms with E-state index in [1.165, 1.54) is 30.4 Å². The van der Waals surface area contributed by atoms with Crippen LogP contribution in [0.15, 0.2) is 24.5 Å². The summed E-state index contributed by atoms with van der Waals surface area (Å²) in [7, 11) is 0. The van der Waals surface area contributed by atoms with Gasteiger partial charge in [-0.2, -0.15) is 0 Å². The van der Waals surface area contributed by atoms with Gasteiger partial charge in [0.05, 0.1) is 5.56 Å². The van der Waals surface area contributed by atoms with E-state index in [9.17, 15) is 4.79 Å². The monoisotopic (exact) mass is 334 g/mol. The fourth-order valence-electron chi connectivity index (χ4n) is 2.76. The van der Waals surface area contributed by atoms with Crippen molar-refractivity contribution >= 4 is 5.91 Å². The van der Waals surface area contributed by atoms with Crippen LogP contribution in [-0.2, 0) is 0 Å². The van der Waals surface area contributed by atoms with Crippen molar-refractivity contribution in [2.45, 2.75) is 66.2 Å². The van der Waals surface area contributed by atoms with E-state index in [-0.39, 0.29) is 5.91 Å². The smallest absolute Gasteiger partial charge is 0.254 e. The second-order valence-electron chi connectivity index (χ2n) is 7.40. The Labute approximate surface area is 148 Å². The maximum Gasteiger partial charge on any atom is 0.254 e. The summed E-state index contributed by atoms with van der Waals surface area (Å²) in [4.78, 5) is 14.8. The van der Waals surface area contributed by atoms with E-state index in [1.807, 2.05) is 4.90 Å². The Bertz CT molecular complexity index is 470. The largest absolute Gasteiger partial charge is 0.339 e. The van der Waals surface area contributed by atoms with Gasteiger partial charge in [-0.05, 0) is 24.7 Å². The third-order valence-electron chi connectivity index (χ3n) is 4.56. The Morgan fingerprint density at radius 3 is 2.29 bits per heavy atom. The number of carbonyl (C=O) groups excluding carboxylic acids is 1. The number of aromatic nitrogens is 1. The molecule has 136 valence electrons. The van der Waals surface area contributed by atoms with E-state index < -0.39 is 0 Å². The number of nitrogen functional groups attached to an aromatic ring is 1. The van der Waals surface area contributed by atoms with Crippen LogP contribution in [0.5, 0.6) is 0 Å². The summed E-state index contributed by atoms with van der Waals surface area (Å²) in [6.45, 7) is 10.6. The highest BCUT2D eigenvalue weighted by atomic mass is 16.2. The quantitative estimate of drug-likeness (QED) is 0.380. The van der Waals surface area contributed by atoms with Crippen molar-refractivity contribution in [1.29, 1.82) is 0 Å². The molecule has 4 heteroatoms. The Morgan fingerprint density at radius 1 is 1.08 bits per heavy atom. The lowest BCUT2D eigenvalue weighted by molar-refractivity contribution is -0.638. The SMILES string of the molecule is CCCCCC(C)CCN(CCC(C)C)C(=O)c1cc[n+](N)cc1. The van der Waals surface area contributed by atoms with Crippen LogP contribution < -0.4 is 10.5 Å². The molecular weight excluding hydrogens is 298 g/mol. The molecule has 0 bridgehead atoms. The number of nitrogens with zero attached hydrogens (tertiary/aromatic N) is 2. The van der Waals surface area contributed by atoms with Crippen molar-refractivity contribution < 1.29 is 9.47 Å². The van der Waals surface area contributed by atoms with Crippen molar-refractivity contribution in [3.63, 3.8) is 0 Å². The van der Waals surface area contributed by atoms with Gasteiger partial charge < -0.3 is 4.90 Å². The first-order valence-corrected chi connectivity index (χ1v) is 9.49. The van der Waals surface area contributed by atoms with Crippen LogP contribution in [0, 0.1) is 11.8 Å². The van der Waals surface area contributed by atoms with Gasteiger partial charge in [0.15, 0.2) is 12.4 Å². The fraction of sp³-hybridized carbons (Fsp3) is 0.700. The zero-order valence-corrected chi connectivity index (χ0v) is 16.0. The summed E-state index contributed by atoms with van der Waals surface area (Å²) in [5, 5.41) is 0. The number of pyridine rings is 1. The van der Waals surface area contributed by atoms with E-state index in [4.69, 9.17) is 5.84 Å². The molecule has 0 radical (unpaired) electrons. The number of unbranched alkanes of at least 4 members (excludes halogenated alkanes) is 2. The van der Waals surface area contributed by atoms with Crippen LogP contribution in [0.1, 0.15) is 76.6 Å². The van der Waals surface area contributed by atoms with Crippen LogP contribution in [-0.4, -0.2) is 23.9 Å². The minimum absolute atomic E-state index is 0.122. The average molecular weight is 335 g/mol. The molecule has 0 saturated carbocycles. The molecule has 0 fully saturated rings. The molecule has 0 saturated heterocycles. The molecule has 4 nitrogen and oxygen atoms in total. The van der Waals surface area contributed by atoms with Crippen molar-refractivity contribution in [1.82, 2.24) is 4.90 Å². The van der Waals surface area contributed by atoms with Gasteiger partial charge in [-0.3, -0.25) is 4.79 Å². The first-order valence-electron chi connectivity index (χ1n) is 9.49. The van der Waals surface area contributed by atoms with E-state index in [2.05, 4.69) is 27.7 Å².